The van der Waals surface area contributed by atoms with Gasteiger partial charge in [-0.3, -0.25) is 9.69 Å². The number of aliphatic hydroxyl groups excluding tert-OH is 1. The predicted octanol–water partition coefficient (Wildman–Crippen LogP) is 1.80. The first kappa shape index (κ1) is 15.0. The van der Waals surface area contributed by atoms with Crippen molar-refractivity contribution in [2.75, 3.05) is 26.2 Å². The standard InChI is InChI=1S/C16H24N2O2S/c1-10-7-15(21-11(10)2)16(20)17-14-9-18(5-6-19)8-13(14)12-3-4-12/h7,12-14,19H,3-6,8-9H2,1-2H3,(H,17,20)/t13-,14+/m1/s1. The Labute approximate surface area is 130 Å². The van der Waals surface area contributed by atoms with Crippen LogP contribution in [0.1, 0.15) is 33.0 Å². The van der Waals surface area contributed by atoms with E-state index in [1.807, 2.05) is 13.0 Å². The number of nitrogens with zero attached hydrogens (tertiary/aromatic N) is 1. The van der Waals surface area contributed by atoms with Crippen LogP contribution in [0.2, 0.25) is 0 Å². The van der Waals surface area contributed by atoms with Gasteiger partial charge in [0.1, 0.15) is 0 Å². The first-order valence-corrected chi connectivity index (χ1v) is 8.61. The van der Waals surface area contributed by atoms with Gasteiger partial charge in [-0.2, -0.15) is 0 Å². The summed E-state index contributed by atoms with van der Waals surface area (Å²) in [7, 11) is 0. The lowest BCUT2D eigenvalue weighted by molar-refractivity contribution is 0.0932. The molecule has 1 amide bonds. The van der Waals surface area contributed by atoms with Crippen LogP contribution in [0.3, 0.4) is 0 Å². The van der Waals surface area contributed by atoms with Crippen molar-refractivity contribution in [1.82, 2.24) is 10.2 Å². The number of thiophene rings is 1. The number of hydrogen-bond donors (Lipinski definition) is 2. The van der Waals surface area contributed by atoms with Gasteiger partial charge in [0.15, 0.2) is 0 Å². The molecule has 1 saturated carbocycles. The predicted molar refractivity (Wildman–Crippen MR) is 84.8 cm³/mol. The van der Waals surface area contributed by atoms with Gasteiger partial charge in [-0.15, -0.1) is 11.3 Å². The molecule has 4 nitrogen and oxygen atoms in total. The van der Waals surface area contributed by atoms with Gasteiger partial charge in [0.2, 0.25) is 0 Å². The Balaban J connectivity index is 1.65. The maximum absolute atomic E-state index is 12.5. The van der Waals surface area contributed by atoms with Crippen LogP contribution in [0.25, 0.3) is 0 Å². The Hall–Kier alpha value is -0.910. The molecule has 1 aromatic heterocycles. The van der Waals surface area contributed by atoms with E-state index in [-0.39, 0.29) is 18.6 Å². The number of nitrogens with one attached hydrogen (secondary N) is 1. The van der Waals surface area contributed by atoms with Crippen LogP contribution in [0.5, 0.6) is 0 Å². The molecule has 1 aromatic rings. The third-order valence-electron chi connectivity index (χ3n) is 4.79. The molecule has 3 rings (SSSR count). The summed E-state index contributed by atoms with van der Waals surface area (Å²) in [5.41, 5.74) is 1.19. The lowest BCUT2D eigenvalue weighted by Gasteiger charge is -2.19. The van der Waals surface area contributed by atoms with Crippen molar-refractivity contribution in [3.05, 3.63) is 21.4 Å². The van der Waals surface area contributed by atoms with Crippen molar-refractivity contribution in [3.8, 4) is 0 Å². The average Bonchev–Trinajstić information content (AvgIpc) is 3.13. The summed E-state index contributed by atoms with van der Waals surface area (Å²) in [6, 6.07) is 2.22. The Morgan fingerprint density at radius 2 is 2.19 bits per heavy atom. The number of carbonyl (C=O) groups is 1. The van der Waals surface area contributed by atoms with Gasteiger partial charge < -0.3 is 10.4 Å². The van der Waals surface area contributed by atoms with E-state index in [4.69, 9.17) is 5.11 Å². The van der Waals surface area contributed by atoms with E-state index in [1.54, 1.807) is 11.3 Å². The minimum Gasteiger partial charge on any atom is -0.395 e. The van der Waals surface area contributed by atoms with Crippen molar-refractivity contribution < 1.29 is 9.90 Å². The van der Waals surface area contributed by atoms with Crippen LogP contribution >= 0.6 is 11.3 Å². The molecule has 5 heteroatoms. The largest absolute Gasteiger partial charge is 0.395 e. The molecule has 0 aromatic carbocycles. The van der Waals surface area contributed by atoms with Crippen LogP contribution in [0.15, 0.2) is 6.07 Å². The summed E-state index contributed by atoms with van der Waals surface area (Å²) in [4.78, 5) is 16.8. The SMILES string of the molecule is Cc1cc(C(=O)N[C@H]2CN(CCO)C[C@@H]2C2CC2)sc1C. The van der Waals surface area contributed by atoms with E-state index >= 15 is 0 Å². The number of β-amino-alcohol motifs (C(OH)–C–C–N with tert-alkyl or cyclic N) is 1. The van der Waals surface area contributed by atoms with Crippen molar-refractivity contribution in [2.45, 2.75) is 32.7 Å². The fourth-order valence-corrected chi connectivity index (χ4v) is 4.25. The number of aryl methyl sites for hydroxylation is 2. The summed E-state index contributed by atoms with van der Waals surface area (Å²) in [6.07, 6.45) is 2.59. The molecule has 2 aliphatic rings. The van der Waals surface area contributed by atoms with E-state index in [0.29, 0.717) is 12.5 Å². The minimum atomic E-state index is 0.0673. The van der Waals surface area contributed by atoms with E-state index in [2.05, 4.69) is 17.1 Å². The lowest BCUT2D eigenvalue weighted by atomic mass is 9.98. The summed E-state index contributed by atoms with van der Waals surface area (Å²) in [5.74, 6) is 1.39. The molecule has 2 heterocycles. The highest BCUT2D eigenvalue weighted by Gasteiger charge is 2.42. The van der Waals surface area contributed by atoms with Gasteiger partial charge in [0, 0.05) is 30.6 Å². The first-order chi connectivity index (χ1) is 10.1. The second-order valence-electron chi connectivity index (χ2n) is 6.41. The monoisotopic (exact) mass is 308 g/mol. The molecule has 1 saturated heterocycles. The zero-order valence-corrected chi connectivity index (χ0v) is 13.6. The van der Waals surface area contributed by atoms with Crippen LogP contribution in [-0.4, -0.2) is 48.2 Å². The topological polar surface area (TPSA) is 52.6 Å². The summed E-state index contributed by atoms with van der Waals surface area (Å²) in [6.45, 7) is 6.90. The molecule has 0 spiro atoms. The van der Waals surface area contributed by atoms with Gasteiger partial charge in [-0.25, -0.2) is 0 Å². The van der Waals surface area contributed by atoms with Gasteiger partial charge in [0.05, 0.1) is 11.5 Å². The maximum Gasteiger partial charge on any atom is 0.261 e. The summed E-state index contributed by atoms with van der Waals surface area (Å²) < 4.78 is 0. The second-order valence-corrected chi connectivity index (χ2v) is 7.67. The smallest absolute Gasteiger partial charge is 0.261 e. The highest BCUT2D eigenvalue weighted by atomic mass is 32.1. The van der Waals surface area contributed by atoms with Crippen LogP contribution in [0.4, 0.5) is 0 Å². The minimum absolute atomic E-state index is 0.0673. The average molecular weight is 308 g/mol. The van der Waals surface area contributed by atoms with Crippen LogP contribution in [0, 0.1) is 25.7 Å². The molecular weight excluding hydrogens is 284 g/mol. The summed E-state index contributed by atoms with van der Waals surface area (Å²) in [5, 5.41) is 12.4. The van der Waals surface area contributed by atoms with Crippen LogP contribution < -0.4 is 5.32 Å². The molecule has 0 radical (unpaired) electrons. The second kappa shape index (κ2) is 6.07. The Morgan fingerprint density at radius 1 is 1.43 bits per heavy atom. The molecule has 2 N–H and O–H groups in total. The fraction of sp³-hybridized carbons (Fsp3) is 0.688. The number of likely N-dealkylation sites (tertiary alicyclic amines) is 1. The van der Waals surface area contributed by atoms with Gasteiger partial charge in [-0.05, 0) is 50.2 Å². The maximum atomic E-state index is 12.5. The Morgan fingerprint density at radius 3 is 2.76 bits per heavy atom. The van der Waals surface area contributed by atoms with E-state index in [0.717, 1.165) is 23.9 Å². The van der Waals surface area contributed by atoms with E-state index < -0.39 is 0 Å². The molecule has 0 unspecified atom stereocenters. The fourth-order valence-electron chi connectivity index (χ4n) is 3.32. The van der Waals surface area contributed by atoms with Crippen LogP contribution in [-0.2, 0) is 0 Å². The van der Waals surface area contributed by atoms with Crippen molar-refractivity contribution in [3.63, 3.8) is 0 Å². The highest BCUT2D eigenvalue weighted by molar-refractivity contribution is 7.14. The molecule has 21 heavy (non-hydrogen) atoms. The van der Waals surface area contributed by atoms with Gasteiger partial charge in [0.25, 0.3) is 5.91 Å². The van der Waals surface area contributed by atoms with Crippen molar-refractivity contribution >= 4 is 17.2 Å². The third kappa shape index (κ3) is 3.30. The molecule has 116 valence electrons. The number of aliphatic hydroxyl groups is 1. The molecular formula is C16H24N2O2S. The molecule has 2 atom stereocenters. The van der Waals surface area contributed by atoms with Gasteiger partial charge in [-0.1, -0.05) is 0 Å². The normalized spacial score (nSPS) is 26.2. The molecule has 0 bridgehead atoms. The number of hydrogen-bond acceptors (Lipinski definition) is 4. The first-order valence-electron chi connectivity index (χ1n) is 7.79. The van der Waals surface area contributed by atoms with Crippen molar-refractivity contribution in [2.24, 2.45) is 11.8 Å². The van der Waals surface area contributed by atoms with Gasteiger partial charge >= 0.3 is 0 Å². The highest BCUT2D eigenvalue weighted by Crippen LogP contribution is 2.41. The lowest BCUT2D eigenvalue weighted by Crippen LogP contribution is -2.41. The number of rotatable bonds is 5. The number of amides is 1. The van der Waals surface area contributed by atoms with E-state index in [9.17, 15) is 4.79 Å². The molecule has 1 aliphatic heterocycles. The van der Waals surface area contributed by atoms with Crippen molar-refractivity contribution in [1.29, 1.82) is 0 Å². The van der Waals surface area contributed by atoms with E-state index in [1.165, 1.54) is 23.3 Å². The zero-order valence-electron chi connectivity index (χ0n) is 12.8. The summed E-state index contributed by atoms with van der Waals surface area (Å²) >= 11 is 1.58. The zero-order chi connectivity index (χ0) is 15.0. The Bertz CT molecular complexity index is 505. The Kier molecular flexibility index (Phi) is 4.33. The molecule has 2 fully saturated rings. The molecule has 1 aliphatic carbocycles. The third-order valence-corrected chi connectivity index (χ3v) is 5.94. The number of carbonyl (C=O) groups excluding carboxylic acids is 1. The quantitative estimate of drug-likeness (QED) is 0.872.